The maximum Gasteiger partial charge on any atom is 0.329 e. The van der Waals surface area contributed by atoms with Crippen LogP contribution in [-0.2, 0) is 56.0 Å². The topological polar surface area (TPSA) is 200 Å². The Bertz CT molecular complexity index is 2110. The zero-order chi connectivity index (χ0) is 50.2. The molecule has 1 aliphatic heterocycles. The molecule has 0 spiro atoms. The summed E-state index contributed by atoms with van der Waals surface area (Å²) in [5.41, 5.74) is 2.58. The van der Waals surface area contributed by atoms with Crippen LogP contribution in [0.3, 0.4) is 0 Å². The number of carboxylic acid groups (broad SMARTS) is 1. The van der Waals surface area contributed by atoms with Crippen LogP contribution in [0.15, 0.2) is 60.8 Å². The van der Waals surface area contributed by atoms with E-state index < -0.39 is 78.0 Å². The smallest absolute Gasteiger partial charge is 0.329 e. The minimum atomic E-state index is -1.01. The maximum atomic E-state index is 14.6. The number of hydrogen-bond acceptors (Lipinski definition) is 11. The quantitative estimate of drug-likeness (QED) is 0.0669. The molecule has 2 aromatic carbocycles. The van der Waals surface area contributed by atoms with Gasteiger partial charge in [0.05, 0.1) is 42.7 Å². The highest BCUT2D eigenvalue weighted by atomic mass is 16.5. The maximum absolute atomic E-state index is 14.6. The number of aliphatic carboxylic acids is 1. The number of nitrogens with one attached hydrogen (secondary N) is 3. The highest BCUT2D eigenvalue weighted by Crippen LogP contribution is 2.31. The minimum Gasteiger partial charge on any atom is -0.481 e. The summed E-state index contributed by atoms with van der Waals surface area (Å²) < 4.78 is 18.0. The van der Waals surface area contributed by atoms with Crippen LogP contribution in [0.25, 0.3) is 10.9 Å². The van der Waals surface area contributed by atoms with Crippen molar-refractivity contribution < 1.29 is 48.1 Å². The molecule has 0 aliphatic carbocycles. The van der Waals surface area contributed by atoms with Gasteiger partial charge in [0.2, 0.25) is 23.6 Å². The Morgan fingerprint density at radius 3 is 2.13 bits per heavy atom. The molecule has 0 saturated carbocycles. The van der Waals surface area contributed by atoms with Gasteiger partial charge in [-0.3, -0.25) is 39.1 Å². The van der Waals surface area contributed by atoms with Crippen LogP contribution in [0.1, 0.15) is 98.1 Å². The molecule has 1 aliphatic rings. The van der Waals surface area contributed by atoms with Gasteiger partial charge < -0.3 is 34.5 Å². The van der Waals surface area contributed by atoms with E-state index in [1.54, 1.807) is 30.9 Å². The molecule has 376 valence electrons. The third-order valence-corrected chi connectivity index (χ3v) is 13.7. The van der Waals surface area contributed by atoms with Crippen molar-refractivity contribution in [3.63, 3.8) is 0 Å². The molecule has 68 heavy (non-hydrogen) atoms. The lowest BCUT2D eigenvalue weighted by atomic mass is 9.87. The number of fused-ring (bicyclic) bond motifs is 1. The minimum absolute atomic E-state index is 0.00870. The number of benzene rings is 2. The molecule has 1 aromatic heterocycles. The summed E-state index contributed by atoms with van der Waals surface area (Å²) in [5.74, 6) is -4.18. The summed E-state index contributed by atoms with van der Waals surface area (Å²) in [5, 5.41) is 15.7. The predicted octanol–water partition coefficient (Wildman–Crippen LogP) is 5.82. The monoisotopic (exact) mass is 947 g/mol. The first-order chi connectivity index (χ1) is 32.3. The zero-order valence-corrected chi connectivity index (χ0v) is 42.2. The number of amides is 4. The number of H-pyrrole nitrogens is 1. The second-order valence-electron chi connectivity index (χ2n) is 19.2. The van der Waals surface area contributed by atoms with E-state index >= 15 is 0 Å². The summed E-state index contributed by atoms with van der Waals surface area (Å²) in [6.45, 7) is 14.3. The Kier molecular flexibility index (Phi) is 21.7. The molecular weight excluding hydrogens is 869 g/mol. The number of esters is 1. The van der Waals surface area contributed by atoms with Crippen molar-refractivity contribution in [1.82, 2.24) is 30.3 Å². The number of ether oxygens (including phenoxy) is 3. The molecule has 4 N–H and O–H groups in total. The fourth-order valence-electron chi connectivity index (χ4n) is 10.1. The molecule has 3 aromatic rings. The number of likely N-dealkylation sites (N-methyl/N-ethyl adjacent to an activating group) is 2. The molecule has 0 radical (unpaired) electrons. The number of rotatable bonds is 27. The molecule has 0 bridgehead atoms. The average Bonchev–Trinajstić information content (AvgIpc) is 3.95. The van der Waals surface area contributed by atoms with Crippen molar-refractivity contribution in [2.45, 2.75) is 142 Å². The molecule has 1 fully saturated rings. The van der Waals surface area contributed by atoms with E-state index in [0.29, 0.717) is 32.4 Å². The van der Waals surface area contributed by atoms with E-state index in [0.717, 1.165) is 28.5 Å². The molecule has 16 heteroatoms. The van der Waals surface area contributed by atoms with E-state index in [-0.39, 0.29) is 49.5 Å². The van der Waals surface area contributed by atoms with Crippen LogP contribution in [0.2, 0.25) is 0 Å². The highest BCUT2D eigenvalue weighted by Gasteiger charge is 2.44. The van der Waals surface area contributed by atoms with Gasteiger partial charge in [-0.05, 0) is 74.8 Å². The van der Waals surface area contributed by atoms with Crippen LogP contribution >= 0.6 is 0 Å². The fraction of sp³-hybridized carbons (Fsp3) is 0.615. The van der Waals surface area contributed by atoms with Gasteiger partial charge >= 0.3 is 11.9 Å². The van der Waals surface area contributed by atoms with Gasteiger partial charge in [-0.2, -0.15) is 0 Å². The average molecular weight is 947 g/mol. The van der Waals surface area contributed by atoms with Gasteiger partial charge in [-0.15, -0.1) is 0 Å². The van der Waals surface area contributed by atoms with Gasteiger partial charge in [0, 0.05) is 56.7 Å². The van der Waals surface area contributed by atoms with Crippen molar-refractivity contribution in [2.24, 2.45) is 23.7 Å². The van der Waals surface area contributed by atoms with Crippen molar-refractivity contribution >= 4 is 46.5 Å². The van der Waals surface area contributed by atoms with E-state index in [1.165, 1.54) is 7.11 Å². The molecule has 9 atom stereocenters. The summed E-state index contributed by atoms with van der Waals surface area (Å²) in [7, 11) is 6.68. The number of nitrogens with zero attached hydrogens (tertiary/aromatic N) is 3. The number of aromatic amines is 1. The van der Waals surface area contributed by atoms with Crippen molar-refractivity contribution in [3.05, 3.63) is 71.9 Å². The summed E-state index contributed by atoms with van der Waals surface area (Å²) >= 11 is 0. The van der Waals surface area contributed by atoms with Crippen molar-refractivity contribution in [3.8, 4) is 0 Å². The number of hydrogen-bond donors (Lipinski definition) is 4. The normalized spacial score (nSPS) is 17.7. The SMILES string of the molecule is CC[C@H](C)[C@@H]([C@@H](CC(=O)N1CCC[C@H]1[C@H](OC)[C@@H](C)C(=O)N[C@@H](Cc1c[nH]c2ccccc12)C(=O)OCc1ccccc1)OC)N(C)[C@H](C(=O)NC(=O)[C@H](C(C)C)N(C)CCCC(=O)O)C(C)C. The Balaban J connectivity index is 1.51. The lowest BCUT2D eigenvalue weighted by molar-refractivity contribution is -0.150. The molecule has 1 saturated heterocycles. The van der Waals surface area contributed by atoms with Crippen LogP contribution in [0.4, 0.5) is 0 Å². The number of imide groups is 1. The number of methoxy groups -OCH3 is 2. The van der Waals surface area contributed by atoms with Crippen molar-refractivity contribution in [1.29, 1.82) is 0 Å². The third kappa shape index (κ3) is 14.7. The largest absolute Gasteiger partial charge is 0.481 e. The number of para-hydroxylation sites is 1. The van der Waals surface area contributed by atoms with Gasteiger partial charge in [-0.1, -0.05) is 103 Å². The predicted molar refractivity (Wildman–Crippen MR) is 261 cm³/mol. The summed E-state index contributed by atoms with van der Waals surface area (Å²) in [6.07, 6.45) is 3.02. The van der Waals surface area contributed by atoms with Crippen molar-refractivity contribution in [2.75, 3.05) is 41.4 Å². The summed E-state index contributed by atoms with van der Waals surface area (Å²) in [4.78, 5) is 90.4. The lowest BCUT2D eigenvalue weighted by Gasteiger charge is -2.43. The Labute approximate surface area is 403 Å². The Morgan fingerprint density at radius 2 is 1.51 bits per heavy atom. The second-order valence-corrected chi connectivity index (χ2v) is 19.2. The van der Waals surface area contributed by atoms with Crippen LogP contribution in [0, 0.1) is 23.7 Å². The first-order valence-electron chi connectivity index (χ1n) is 24.2. The second kappa shape index (κ2) is 26.6. The molecule has 2 heterocycles. The Hall–Kier alpha value is -5.16. The van der Waals surface area contributed by atoms with Crippen LogP contribution in [0.5, 0.6) is 0 Å². The standard InChI is InChI=1S/C52H78N6O10/c1-12-34(6)47(57(9)46(33(4)5)51(64)55-50(63)45(32(2)3)56(8)26-19-25-44(60)61)42(66-10)29-43(59)58-27-18-24-41(58)48(67-11)35(7)49(62)54-40(52(65)68-31-36-20-14-13-15-21-36)28-37-30-53-39-23-17-16-22-38(37)39/h13-17,20-23,30,32-35,40-42,45-48,53H,12,18-19,24-29,31H2,1-11H3,(H,54,62)(H,60,61)(H,55,63,64)/t34-,35+,40-,41-,42+,45-,46-,47-,48+/m0/s1. The van der Waals surface area contributed by atoms with E-state index in [9.17, 15) is 28.8 Å². The number of aromatic nitrogens is 1. The molecule has 16 nitrogen and oxygen atoms in total. The van der Waals surface area contributed by atoms with Gasteiger partial charge in [0.25, 0.3) is 0 Å². The number of carbonyl (C=O) groups excluding carboxylic acids is 5. The van der Waals surface area contributed by atoms with Gasteiger partial charge in [0.1, 0.15) is 12.6 Å². The first-order valence-corrected chi connectivity index (χ1v) is 24.2. The molecule has 4 amide bonds. The molecule has 0 unspecified atom stereocenters. The third-order valence-electron chi connectivity index (χ3n) is 13.7. The fourth-order valence-corrected chi connectivity index (χ4v) is 10.1. The van der Waals surface area contributed by atoms with E-state index in [1.807, 2.05) is 107 Å². The van der Waals surface area contributed by atoms with Crippen LogP contribution in [-0.4, -0.2) is 144 Å². The molecule has 4 rings (SSSR count). The zero-order valence-electron chi connectivity index (χ0n) is 42.2. The first kappa shape index (κ1) is 55.4. The Morgan fingerprint density at radius 1 is 0.868 bits per heavy atom. The van der Waals surface area contributed by atoms with Crippen LogP contribution < -0.4 is 10.6 Å². The lowest BCUT2D eigenvalue weighted by Crippen LogP contribution is -2.60. The van der Waals surface area contributed by atoms with E-state index in [2.05, 4.69) is 22.5 Å². The summed E-state index contributed by atoms with van der Waals surface area (Å²) in [6, 6.07) is 13.8. The number of carboxylic acids is 1. The van der Waals surface area contributed by atoms with E-state index in [4.69, 9.17) is 19.3 Å². The molecular formula is C52H78N6O10. The number of likely N-dealkylation sites (tertiary alicyclic amines) is 1. The number of carbonyl (C=O) groups is 6. The van der Waals surface area contributed by atoms with Gasteiger partial charge in [0.15, 0.2) is 0 Å². The van der Waals surface area contributed by atoms with Gasteiger partial charge in [-0.25, -0.2) is 4.79 Å². The highest BCUT2D eigenvalue weighted by molar-refractivity contribution is 6.00.